The molecule has 0 spiro atoms. The van der Waals surface area contributed by atoms with E-state index in [0.29, 0.717) is 19.3 Å². The molecule has 2 rings (SSSR count). The van der Waals surface area contributed by atoms with Gasteiger partial charge in [-0.25, -0.2) is 0 Å². The molecule has 0 saturated carbocycles. The maximum absolute atomic E-state index is 12.5. The Labute approximate surface area is 143 Å². The van der Waals surface area contributed by atoms with Crippen LogP contribution in [0.1, 0.15) is 30.0 Å². The van der Waals surface area contributed by atoms with Crippen molar-refractivity contribution in [3.8, 4) is 6.07 Å². The summed E-state index contributed by atoms with van der Waals surface area (Å²) < 4.78 is 5.22. The lowest BCUT2D eigenvalue weighted by Crippen LogP contribution is -2.34. The first-order valence-corrected chi connectivity index (χ1v) is 8.27. The summed E-state index contributed by atoms with van der Waals surface area (Å²) in [5, 5.41) is 9.82. The van der Waals surface area contributed by atoms with Crippen LogP contribution in [-0.2, 0) is 22.4 Å². The van der Waals surface area contributed by atoms with E-state index in [1.54, 1.807) is 6.92 Å². The normalized spacial score (nSPS) is 12.9. The maximum Gasteiger partial charge on any atom is 0.326 e. The number of aryl methyl sites for hydroxylation is 2. The second-order valence-corrected chi connectivity index (χ2v) is 6.06. The number of carbonyl (C=O) groups is 1. The van der Waals surface area contributed by atoms with E-state index in [1.165, 1.54) is 0 Å². The average molecular weight is 321 g/mol. The fraction of sp³-hybridized carbons (Fsp3) is 0.333. The monoisotopic (exact) mass is 321 g/mol. The third kappa shape index (κ3) is 4.45. The zero-order chi connectivity index (χ0) is 17.4. The third-order valence-corrected chi connectivity index (χ3v) is 4.19. The van der Waals surface area contributed by atoms with Crippen molar-refractivity contribution in [3.63, 3.8) is 0 Å². The van der Waals surface area contributed by atoms with Crippen LogP contribution in [0.25, 0.3) is 0 Å². The number of ether oxygens (including phenoxy) is 1. The zero-order valence-electron chi connectivity index (χ0n) is 14.3. The number of hydrogen-bond acceptors (Lipinski definition) is 3. The van der Waals surface area contributed by atoms with E-state index in [-0.39, 0.29) is 6.61 Å². The Balaban J connectivity index is 2.24. The summed E-state index contributed by atoms with van der Waals surface area (Å²) >= 11 is 0. The first-order chi connectivity index (χ1) is 11.6. The molecule has 0 bridgehead atoms. The molecule has 2 aromatic rings. The van der Waals surface area contributed by atoms with Crippen molar-refractivity contribution in [2.45, 2.75) is 33.1 Å². The van der Waals surface area contributed by atoms with E-state index in [4.69, 9.17) is 4.74 Å². The van der Waals surface area contributed by atoms with Crippen molar-refractivity contribution in [3.05, 3.63) is 71.3 Å². The van der Waals surface area contributed by atoms with Gasteiger partial charge >= 0.3 is 5.97 Å². The Morgan fingerprint density at radius 2 is 1.75 bits per heavy atom. The second-order valence-electron chi connectivity index (χ2n) is 6.06. The van der Waals surface area contributed by atoms with Crippen molar-refractivity contribution in [1.82, 2.24) is 0 Å². The van der Waals surface area contributed by atoms with Crippen LogP contribution in [0.5, 0.6) is 0 Å². The quantitative estimate of drug-likeness (QED) is 0.717. The summed E-state index contributed by atoms with van der Waals surface area (Å²) in [6.45, 7) is 4.06. The fourth-order valence-electron chi connectivity index (χ4n) is 2.73. The van der Waals surface area contributed by atoms with Crippen molar-refractivity contribution < 1.29 is 9.53 Å². The number of benzene rings is 2. The van der Waals surface area contributed by atoms with Crippen LogP contribution in [0.15, 0.2) is 54.6 Å². The molecule has 0 fully saturated rings. The topological polar surface area (TPSA) is 50.1 Å². The molecule has 2 aromatic carbocycles. The molecule has 3 nitrogen and oxygen atoms in total. The highest BCUT2D eigenvalue weighted by atomic mass is 16.5. The Bertz CT molecular complexity index is 701. The maximum atomic E-state index is 12.5. The number of rotatable bonds is 7. The van der Waals surface area contributed by atoms with Gasteiger partial charge in [0.05, 0.1) is 12.7 Å². The minimum atomic E-state index is -1.15. The van der Waals surface area contributed by atoms with Gasteiger partial charge in [-0.1, -0.05) is 60.2 Å². The van der Waals surface area contributed by atoms with E-state index in [0.717, 1.165) is 16.7 Å². The minimum absolute atomic E-state index is 0.279. The summed E-state index contributed by atoms with van der Waals surface area (Å²) in [4.78, 5) is 12.5. The zero-order valence-corrected chi connectivity index (χ0v) is 14.3. The van der Waals surface area contributed by atoms with Crippen LogP contribution in [0, 0.1) is 23.7 Å². The first kappa shape index (κ1) is 17.7. The van der Waals surface area contributed by atoms with Gasteiger partial charge in [-0.3, -0.25) is 4.79 Å². The number of carbonyl (C=O) groups excluding carboxylic acids is 1. The van der Waals surface area contributed by atoms with Crippen molar-refractivity contribution in [2.75, 3.05) is 6.61 Å². The van der Waals surface area contributed by atoms with E-state index in [9.17, 15) is 10.1 Å². The van der Waals surface area contributed by atoms with E-state index >= 15 is 0 Å². The second kappa shape index (κ2) is 8.31. The molecule has 1 atom stereocenters. The molecule has 1 unspecified atom stereocenters. The van der Waals surface area contributed by atoms with E-state index in [2.05, 4.69) is 6.07 Å². The van der Waals surface area contributed by atoms with E-state index < -0.39 is 11.4 Å². The predicted molar refractivity (Wildman–Crippen MR) is 94.3 cm³/mol. The summed E-state index contributed by atoms with van der Waals surface area (Å²) in [7, 11) is 0. The molecule has 0 radical (unpaired) electrons. The first-order valence-electron chi connectivity index (χ1n) is 8.27. The smallest absolute Gasteiger partial charge is 0.326 e. The molecule has 0 heterocycles. The Morgan fingerprint density at radius 3 is 2.33 bits per heavy atom. The van der Waals surface area contributed by atoms with E-state index in [1.807, 2.05) is 61.5 Å². The third-order valence-electron chi connectivity index (χ3n) is 4.19. The van der Waals surface area contributed by atoms with Gasteiger partial charge in [0, 0.05) is 6.42 Å². The highest BCUT2D eigenvalue weighted by Gasteiger charge is 2.40. The Kier molecular flexibility index (Phi) is 6.14. The molecule has 3 heteroatoms. The van der Waals surface area contributed by atoms with Gasteiger partial charge in [0.2, 0.25) is 0 Å². The highest BCUT2D eigenvalue weighted by Crippen LogP contribution is 2.30. The van der Waals surface area contributed by atoms with Gasteiger partial charge in [-0.2, -0.15) is 5.26 Å². The van der Waals surface area contributed by atoms with Crippen LogP contribution >= 0.6 is 0 Å². The molecule has 0 aliphatic rings. The molecule has 0 aliphatic heterocycles. The predicted octanol–water partition coefficient (Wildman–Crippen LogP) is 4.24. The lowest BCUT2D eigenvalue weighted by molar-refractivity contribution is -0.152. The molecule has 0 N–H and O–H groups in total. The van der Waals surface area contributed by atoms with Gasteiger partial charge in [0.1, 0.15) is 0 Å². The summed E-state index contributed by atoms with van der Waals surface area (Å²) in [6.07, 6.45) is 1.48. The van der Waals surface area contributed by atoms with Crippen LogP contribution in [-0.4, -0.2) is 12.6 Å². The summed E-state index contributed by atoms with van der Waals surface area (Å²) in [5.41, 5.74) is 2.09. The number of nitriles is 1. The van der Waals surface area contributed by atoms with Crippen molar-refractivity contribution >= 4 is 5.97 Å². The highest BCUT2D eigenvalue weighted by molar-refractivity contribution is 5.80. The minimum Gasteiger partial charge on any atom is -0.465 e. The molecular formula is C21H23NO2. The molecule has 0 aliphatic carbocycles. The van der Waals surface area contributed by atoms with Crippen LogP contribution in [0.2, 0.25) is 0 Å². The van der Waals surface area contributed by atoms with Crippen molar-refractivity contribution in [2.24, 2.45) is 5.41 Å². The van der Waals surface area contributed by atoms with Gasteiger partial charge in [0.15, 0.2) is 5.41 Å². The Morgan fingerprint density at radius 1 is 1.08 bits per heavy atom. The largest absolute Gasteiger partial charge is 0.465 e. The summed E-state index contributed by atoms with van der Waals surface area (Å²) in [6, 6.07) is 20.1. The van der Waals surface area contributed by atoms with Gasteiger partial charge in [-0.05, 0) is 37.8 Å². The van der Waals surface area contributed by atoms with Crippen LogP contribution in [0.3, 0.4) is 0 Å². The lowest BCUT2D eigenvalue weighted by atomic mass is 9.78. The molecule has 24 heavy (non-hydrogen) atoms. The van der Waals surface area contributed by atoms with Crippen LogP contribution < -0.4 is 0 Å². The molecular weight excluding hydrogens is 298 g/mol. The van der Waals surface area contributed by atoms with Crippen LogP contribution in [0.4, 0.5) is 0 Å². The number of esters is 1. The van der Waals surface area contributed by atoms with Gasteiger partial charge in [-0.15, -0.1) is 0 Å². The fourth-order valence-corrected chi connectivity index (χ4v) is 2.73. The van der Waals surface area contributed by atoms with Crippen molar-refractivity contribution in [1.29, 1.82) is 5.26 Å². The molecule has 0 amide bonds. The summed E-state index contributed by atoms with van der Waals surface area (Å²) in [5.74, 6) is -0.427. The SMILES string of the molecule is CCOC(=O)C(C#N)(CCc1ccccc1)Cc1ccc(C)cc1. The molecule has 0 saturated heterocycles. The average Bonchev–Trinajstić information content (AvgIpc) is 2.61. The lowest BCUT2D eigenvalue weighted by Gasteiger charge is -2.24. The molecule has 0 aromatic heterocycles. The number of hydrogen-bond donors (Lipinski definition) is 0. The molecule has 124 valence electrons. The number of nitrogens with zero attached hydrogens (tertiary/aromatic N) is 1. The Hall–Kier alpha value is -2.60. The standard InChI is InChI=1S/C21H23NO2/c1-3-24-20(23)21(16-22,14-13-18-7-5-4-6-8-18)15-19-11-9-17(2)10-12-19/h4-12H,3,13-15H2,1-2H3. The van der Waals surface area contributed by atoms with Gasteiger partial charge in [0.25, 0.3) is 0 Å². The van der Waals surface area contributed by atoms with Gasteiger partial charge < -0.3 is 4.74 Å².